The van der Waals surface area contributed by atoms with Crippen LogP contribution in [-0.2, 0) is 13.0 Å². The van der Waals surface area contributed by atoms with E-state index in [1.165, 1.54) is 23.8 Å². The number of hydrogen-bond donors (Lipinski definition) is 2. The zero-order chi connectivity index (χ0) is 15.1. The van der Waals surface area contributed by atoms with E-state index in [2.05, 4.69) is 17.4 Å². The van der Waals surface area contributed by atoms with Gasteiger partial charge in [0.05, 0.1) is 0 Å². The van der Waals surface area contributed by atoms with Gasteiger partial charge >= 0.3 is 0 Å². The van der Waals surface area contributed by atoms with Crippen LogP contribution in [0.15, 0.2) is 48.5 Å². The van der Waals surface area contributed by atoms with Crippen LogP contribution in [0, 0.1) is 5.82 Å². The third kappa shape index (κ3) is 4.68. The summed E-state index contributed by atoms with van der Waals surface area (Å²) in [6, 6.07) is 14.4. The van der Waals surface area contributed by atoms with Crippen LogP contribution in [-0.4, -0.2) is 12.5 Å². The Morgan fingerprint density at radius 1 is 1.14 bits per heavy atom. The van der Waals surface area contributed by atoms with Crippen molar-refractivity contribution in [2.24, 2.45) is 5.73 Å². The molecule has 0 aromatic heterocycles. The van der Waals surface area contributed by atoms with Gasteiger partial charge in [-0.15, -0.1) is 0 Å². The van der Waals surface area contributed by atoms with Crippen LogP contribution in [0.2, 0.25) is 0 Å². The molecule has 3 N–H and O–H groups in total. The van der Waals surface area contributed by atoms with E-state index < -0.39 is 5.91 Å². The lowest BCUT2D eigenvalue weighted by Gasteiger charge is -2.07. The van der Waals surface area contributed by atoms with Crippen LogP contribution >= 0.6 is 0 Å². The molecule has 0 unspecified atom stereocenters. The maximum atomic E-state index is 13.6. The van der Waals surface area contributed by atoms with E-state index in [0.717, 1.165) is 19.4 Å². The predicted octanol–water partition coefficient (Wildman–Crippen LogP) is 2.65. The lowest BCUT2D eigenvalue weighted by molar-refractivity contribution is 0.1000. The minimum Gasteiger partial charge on any atom is -0.366 e. The molecular formula is C17H19FN2O. The van der Waals surface area contributed by atoms with E-state index in [4.69, 9.17) is 5.73 Å². The van der Waals surface area contributed by atoms with E-state index in [0.29, 0.717) is 17.7 Å². The fraction of sp³-hybridized carbons (Fsp3) is 0.235. The Morgan fingerprint density at radius 2 is 1.90 bits per heavy atom. The van der Waals surface area contributed by atoms with Gasteiger partial charge in [0.2, 0.25) is 5.91 Å². The molecule has 0 aliphatic heterocycles. The first-order chi connectivity index (χ1) is 10.2. The average Bonchev–Trinajstić information content (AvgIpc) is 2.49. The molecule has 3 nitrogen and oxygen atoms in total. The number of halogens is 1. The Kier molecular flexibility index (Phi) is 5.46. The Morgan fingerprint density at radius 3 is 2.62 bits per heavy atom. The van der Waals surface area contributed by atoms with E-state index in [1.54, 1.807) is 0 Å². The maximum absolute atomic E-state index is 13.6. The molecule has 0 radical (unpaired) electrons. The molecule has 0 aliphatic carbocycles. The summed E-state index contributed by atoms with van der Waals surface area (Å²) in [6.45, 7) is 1.18. The van der Waals surface area contributed by atoms with Gasteiger partial charge in [0.15, 0.2) is 0 Å². The third-order valence-corrected chi connectivity index (χ3v) is 3.31. The third-order valence-electron chi connectivity index (χ3n) is 3.31. The molecule has 1 amide bonds. The van der Waals surface area contributed by atoms with Crippen molar-refractivity contribution in [3.8, 4) is 0 Å². The summed E-state index contributed by atoms with van der Waals surface area (Å²) in [7, 11) is 0. The SMILES string of the molecule is NC(=O)c1ccc(F)c(CNCCCc2ccccc2)c1. The minimum atomic E-state index is -0.541. The molecular weight excluding hydrogens is 267 g/mol. The fourth-order valence-corrected chi connectivity index (χ4v) is 2.15. The van der Waals surface area contributed by atoms with Gasteiger partial charge in [-0.3, -0.25) is 4.79 Å². The number of carbonyl (C=O) groups is 1. The lowest BCUT2D eigenvalue weighted by atomic mass is 10.1. The van der Waals surface area contributed by atoms with Crippen LogP contribution < -0.4 is 11.1 Å². The molecule has 0 atom stereocenters. The molecule has 0 saturated carbocycles. The normalized spacial score (nSPS) is 10.5. The van der Waals surface area contributed by atoms with E-state index in [1.807, 2.05) is 18.2 Å². The summed E-state index contributed by atoms with van der Waals surface area (Å²) >= 11 is 0. The van der Waals surface area contributed by atoms with Crippen LogP contribution in [0.4, 0.5) is 4.39 Å². The highest BCUT2D eigenvalue weighted by atomic mass is 19.1. The summed E-state index contributed by atoms with van der Waals surface area (Å²) in [5.74, 6) is -0.865. The second kappa shape index (κ2) is 7.55. The molecule has 2 rings (SSSR count). The molecule has 2 aromatic rings. The van der Waals surface area contributed by atoms with Crippen molar-refractivity contribution in [3.63, 3.8) is 0 Å². The Bertz CT molecular complexity index is 599. The fourth-order valence-electron chi connectivity index (χ4n) is 2.15. The second-order valence-corrected chi connectivity index (χ2v) is 4.94. The highest BCUT2D eigenvalue weighted by Crippen LogP contribution is 2.10. The second-order valence-electron chi connectivity index (χ2n) is 4.94. The number of carbonyl (C=O) groups excluding carboxylic acids is 1. The van der Waals surface area contributed by atoms with Gasteiger partial charge in [0.25, 0.3) is 0 Å². The summed E-state index contributed by atoms with van der Waals surface area (Å²) in [5.41, 5.74) is 7.28. The number of rotatable bonds is 7. The topological polar surface area (TPSA) is 55.1 Å². The molecule has 110 valence electrons. The molecule has 4 heteroatoms. The minimum absolute atomic E-state index is 0.324. The van der Waals surface area contributed by atoms with Gasteiger partial charge in [-0.1, -0.05) is 30.3 Å². The summed E-state index contributed by atoms with van der Waals surface area (Å²) in [5, 5.41) is 3.19. The highest BCUT2D eigenvalue weighted by molar-refractivity contribution is 5.92. The lowest BCUT2D eigenvalue weighted by Crippen LogP contribution is -2.17. The Balaban J connectivity index is 1.78. The first-order valence-electron chi connectivity index (χ1n) is 6.99. The first-order valence-corrected chi connectivity index (χ1v) is 6.99. The van der Waals surface area contributed by atoms with Gasteiger partial charge in [-0.25, -0.2) is 4.39 Å². The summed E-state index contributed by atoms with van der Waals surface area (Å²) < 4.78 is 13.6. The van der Waals surface area contributed by atoms with Crippen LogP contribution in [0.5, 0.6) is 0 Å². The smallest absolute Gasteiger partial charge is 0.248 e. The van der Waals surface area contributed by atoms with Crippen molar-refractivity contribution in [2.75, 3.05) is 6.54 Å². The highest BCUT2D eigenvalue weighted by Gasteiger charge is 2.06. The summed E-state index contributed by atoms with van der Waals surface area (Å²) in [6.07, 6.45) is 1.96. The van der Waals surface area contributed by atoms with E-state index >= 15 is 0 Å². The number of amides is 1. The number of nitrogens with one attached hydrogen (secondary N) is 1. The molecule has 0 aliphatic rings. The molecule has 0 fully saturated rings. The number of aryl methyl sites for hydroxylation is 1. The number of nitrogens with two attached hydrogens (primary N) is 1. The van der Waals surface area contributed by atoms with Crippen molar-refractivity contribution >= 4 is 5.91 Å². The van der Waals surface area contributed by atoms with Gasteiger partial charge in [-0.2, -0.15) is 0 Å². The van der Waals surface area contributed by atoms with Crippen LogP contribution in [0.25, 0.3) is 0 Å². The van der Waals surface area contributed by atoms with Gasteiger partial charge < -0.3 is 11.1 Å². The van der Waals surface area contributed by atoms with Crippen molar-refractivity contribution < 1.29 is 9.18 Å². The van der Waals surface area contributed by atoms with Crippen LogP contribution in [0.1, 0.15) is 27.9 Å². The van der Waals surface area contributed by atoms with Gasteiger partial charge in [0.1, 0.15) is 5.82 Å². The largest absolute Gasteiger partial charge is 0.366 e. The molecule has 21 heavy (non-hydrogen) atoms. The number of primary amides is 1. The first kappa shape index (κ1) is 15.2. The zero-order valence-corrected chi connectivity index (χ0v) is 11.8. The van der Waals surface area contributed by atoms with Crippen molar-refractivity contribution in [3.05, 3.63) is 71.0 Å². The number of benzene rings is 2. The molecule has 0 bridgehead atoms. The Hall–Kier alpha value is -2.20. The van der Waals surface area contributed by atoms with Crippen LogP contribution in [0.3, 0.4) is 0 Å². The Labute approximate surface area is 124 Å². The maximum Gasteiger partial charge on any atom is 0.248 e. The average molecular weight is 286 g/mol. The standard InChI is InChI=1S/C17H19FN2O/c18-16-9-8-14(17(19)21)11-15(16)12-20-10-4-7-13-5-2-1-3-6-13/h1-3,5-6,8-9,11,20H,4,7,10,12H2,(H2,19,21). The predicted molar refractivity (Wildman–Crippen MR) is 81.4 cm³/mol. The number of hydrogen-bond acceptors (Lipinski definition) is 2. The van der Waals surface area contributed by atoms with Crippen molar-refractivity contribution in [1.29, 1.82) is 0 Å². The van der Waals surface area contributed by atoms with Crippen molar-refractivity contribution in [2.45, 2.75) is 19.4 Å². The van der Waals surface area contributed by atoms with Gasteiger partial charge in [0, 0.05) is 17.7 Å². The van der Waals surface area contributed by atoms with E-state index in [9.17, 15) is 9.18 Å². The molecule has 0 spiro atoms. The summed E-state index contributed by atoms with van der Waals surface area (Å²) in [4.78, 5) is 11.1. The molecule has 0 heterocycles. The van der Waals surface area contributed by atoms with Crippen molar-refractivity contribution in [1.82, 2.24) is 5.32 Å². The van der Waals surface area contributed by atoms with E-state index in [-0.39, 0.29) is 5.82 Å². The molecule has 0 saturated heterocycles. The molecule has 2 aromatic carbocycles. The quantitative estimate of drug-likeness (QED) is 0.769. The zero-order valence-electron chi connectivity index (χ0n) is 11.8. The van der Waals surface area contributed by atoms with Gasteiger partial charge in [-0.05, 0) is 43.1 Å². The monoisotopic (exact) mass is 286 g/mol.